The maximum absolute atomic E-state index is 13.9. The number of thioether (sulfide) groups is 1. The number of carboxylic acids is 1. The van der Waals surface area contributed by atoms with E-state index >= 15 is 0 Å². The summed E-state index contributed by atoms with van der Waals surface area (Å²) in [6.45, 7) is 17.1. The molecule has 2 unspecified atom stereocenters. The van der Waals surface area contributed by atoms with Crippen molar-refractivity contribution in [3.63, 3.8) is 0 Å². The molecule has 3 aliphatic carbocycles. The predicted molar refractivity (Wildman–Crippen MR) is 259 cm³/mol. The Morgan fingerprint density at radius 2 is 1.66 bits per heavy atom. The number of rotatable bonds is 20. The molecule has 6 rings (SSSR count). The summed E-state index contributed by atoms with van der Waals surface area (Å²) in [6, 6.07) is 5.81. The highest BCUT2D eigenvalue weighted by atomic mass is 32.2. The normalized spacial score (nSPS) is 33.8. The first-order valence-corrected chi connectivity index (χ1v) is 25.9. The van der Waals surface area contributed by atoms with Crippen molar-refractivity contribution < 1.29 is 53.4 Å². The Bertz CT molecular complexity index is 2040. The third-order valence-electron chi connectivity index (χ3n) is 17.1. The number of hydrogen-bond donors (Lipinski definition) is 8. The second-order valence-corrected chi connectivity index (χ2v) is 22.8. The molecule has 2 saturated heterocycles. The van der Waals surface area contributed by atoms with E-state index in [0.29, 0.717) is 42.3 Å². The average Bonchev–Trinajstić information content (AvgIpc) is 3.75. The average molecular weight is 966 g/mol. The Hall–Kier alpha value is -4.48. The fraction of sp³-hybridized carbons (Fsp3) is 0.706. The molecule has 2 heterocycles. The van der Waals surface area contributed by atoms with Gasteiger partial charge in [-0.25, -0.2) is 4.79 Å². The number of nitrogens with one attached hydrogen (secondary N) is 5. The van der Waals surface area contributed by atoms with Crippen molar-refractivity contribution in [3.05, 3.63) is 42.5 Å². The minimum absolute atomic E-state index is 0.0807. The van der Waals surface area contributed by atoms with Crippen LogP contribution in [0, 0.1) is 39.9 Å². The number of nitrogens with two attached hydrogens (primary N) is 1. The molecule has 12 atom stereocenters. The summed E-state index contributed by atoms with van der Waals surface area (Å²) >= 11 is 1.68. The Morgan fingerprint density at radius 3 is 2.28 bits per heavy atom. The van der Waals surface area contributed by atoms with E-state index in [1.807, 2.05) is 37.3 Å². The molecule has 0 aromatic heterocycles. The van der Waals surface area contributed by atoms with Gasteiger partial charge in [0.25, 0.3) is 0 Å². The second kappa shape index (κ2) is 22.1. The van der Waals surface area contributed by atoms with Gasteiger partial charge in [-0.05, 0) is 73.8 Å². The van der Waals surface area contributed by atoms with Crippen molar-refractivity contribution in [3.8, 4) is 0 Å². The van der Waals surface area contributed by atoms with E-state index in [4.69, 9.17) is 15.6 Å². The number of Topliss-reactive ketones (excluding diaryl/α,β-unsaturated/α-hetero) is 1. The number of hydrogen-bond acceptors (Lipinski definition) is 10. The molecule has 376 valence electrons. The summed E-state index contributed by atoms with van der Waals surface area (Å²) in [7, 11) is 0. The molecule has 1 aromatic rings. The van der Waals surface area contributed by atoms with Crippen LogP contribution in [0.4, 0.5) is 10.5 Å². The maximum Gasteiger partial charge on any atom is 0.316 e. The number of esters is 1. The van der Waals surface area contributed by atoms with Crippen LogP contribution in [0.25, 0.3) is 0 Å². The summed E-state index contributed by atoms with van der Waals surface area (Å²) in [5.74, 6) is -3.09. The number of benzene rings is 1. The minimum atomic E-state index is -1.13. The van der Waals surface area contributed by atoms with E-state index < -0.39 is 64.8 Å². The predicted octanol–water partition coefficient (Wildman–Crippen LogP) is 4.28. The lowest BCUT2D eigenvalue weighted by atomic mass is 9.44. The summed E-state index contributed by atoms with van der Waals surface area (Å²) in [6.07, 6.45) is 8.14. The lowest BCUT2D eigenvalue weighted by Crippen LogP contribution is -3.17. The number of ketones is 1. The molecule has 4 bridgehead atoms. The van der Waals surface area contributed by atoms with Crippen molar-refractivity contribution >= 4 is 58.9 Å². The topological polar surface area (TPSA) is 248 Å². The van der Waals surface area contributed by atoms with Crippen LogP contribution in [-0.2, 0) is 40.0 Å². The zero-order valence-electron chi connectivity index (χ0n) is 40.9. The Kier molecular flexibility index (Phi) is 17.2. The van der Waals surface area contributed by atoms with Crippen molar-refractivity contribution in [1.82, 2.24) is 16.0 Å². The van der Waals surface area contributed by atoms with E-state index in [0.717, 1.165) is 57.1 Å². The zero-order chi connectivity index (χ0) is 49.7. The van der Waals surface area contributed by atoms with Crippen LogP contribution < -0.4 is 31.9 Å². The molecule has 0 radical (unpaired) electrons. The molecule has 0 spiro atoms. The lowest BCUT2D eigenvalue weighted by Gasteiger charge is -2.61. The number of carbonyl (C=O) groups excluding carboxylic acids is 6. The van der Waals surface area contributed by atoms with E-state index in [1.54, 1.807) is 25.6 Å². The molecule has 5 amide bonds. The van der Waals surface area contributed by atoms with Gasteiger partial charge in [0.2, 0.25) is 17.7 Å². The number of anilines is 1. The number of carboxylic acid groups (broad SMARTS) is 1. The van der Waals surface area contributed by atoms with E-state index in [9.17, 15) is 38.7 Å². The number of fused-ring (bicyclic) bond motifs is 2. The van der Waals surface area contributed by atoms with Gasteiger partial charge in [-0.1, -0.05) is 59.8 Å². The first kappa shape index (κ1) is 52.9. The van der Waals surface area contributed by atoms with Crippen LogP contribution in [0.15, 0.2) is 36.9 Å². The molecule has 5 fully saturated rings. The van der Waals surface area contributed by atoms with Gasteiger partial charge >= 0.3 is 18.0 Å². The number of piperidine rings is 1. The highest BCUT2D eigenvalue weighted by Gasteiger charge is 2.68. The van der Waals surface area contributed by atoms with E-state index in [-0.39, 0.29) is 72.4 Å². The lowest BCUT2D eigenvalue weighted by molar-refractivity contribution is -0.954. The number of aliphatic carboxylic acids is 1. The Morgan fingerprint density at radius 1 is 0.985 bits per heavy atom. The summed E-state index contributed by atoms with van der Waals surface area (Å²) < 4.78 is 6.55. The van der Waals surface area contributed by atoms with Gasteiger partial charge in [-0.15, -0.1) is 18.3 Å². The number of aliphatic hydroxyl groups excluding tert-OH is 1. The molecule has 68 heavy (non-hydrogen) atoms. The molecule has 3 saturated carbocycles. The van der Waals surface area contributed by atoms with Gasteiger partial charge in [0.05, 0.1) is 30.4 Å². The zero-order valence-corrected chi connectivity index (χ0v) is 41.7. The SMILES string of the molecule is C=C[C@]1(C)C[C@@H](OC(=O)CSC2CC3CCC(C2)[NH+]3Cc2ccc(NC(=O)[C@H](CCCNC(N)=O)NC(=O)[C@@H](NC(=O)CCC(=O)O)C(C)C)cc2)[C@]2(C)[C@H](C)CC[C@]3(CCC(=O)[C@H]32)[C@@H](C)[C@@H]1O. The van der Waals surface area contributed by atoms with Crippen LogP contribution >= 0.6 is 11.8 Å². The summed E-state index contributed by atoms with van der Waals surface area (Å²) in [5.41, 5.74) is 5.33. The number of urea groups is 1. The number of primary amides is 1. The molecule has 5 aliphatic rings. The van der Waals surface area contributed by atoms with Crippen LogP contribution in [0.5, 0.6) is 0 Å². The minimum Gasteiger partial charge on any atom is -0.481 e. The van der Waals surface area contributed by atoms with Gasteiger partial charge in [0, 0.05) is 78.3 Å². The molecule has 16 nitrogen and oxygen atoms in total. The van der Waals surface area contributed by atoms with Crippen molar-refractivity contribution in [2.75, 3.05) is 17.6 Å². The van der Waals surface area contributed by atoms with Gasteiger partial charge in [0.15, 0.2) is 0 Å². The third-order valence-corrected chi connectivity index (χ3v) is 18.3. The quantitative estimate of drug-likeness (QED) is 0.0521. The fourth-order valence-electron chi connectivity index (χ4n) is 12.9. The van der Waals surface area contributed by atoms with Crippen LogP contribution in [0.3, 0.4) is 0 Å². The second-order valence-electron chi connectivity index (χ2n) is 21.6. The highest BCUT2D eigenvalue weighted by Crippen LogP contribution is 2.68. The molecule has 9 N–H and O–H groups in total. The van der Waals surface area contributed by atoms with Gasteiger partial charge in [-0.3, -0.25) is 28.8 Å². The largest absolute Gasteiger partial charge is 0.481 e. The highest BCUT2D eigenvalue weighted by molar-refractivity contribution is 8.00. The molecule has 2 aliphatic heterocycles. The first-order chi connectivity index (χ1) is 32.1. The van der Waals surface area contributed by atoms with Crippen LogP contribution in [0.1, 0.15) is 131 Å². The standard InChI is InChI=1S/C51H76N6O10S/c1-8-49(6)26-39(50(7)30(4)19-21-51(31(5)45(49)63)22-20-38(58)44(50)51)67-42(62)28-68-36-24-34-15-16-35(25-36)57(34)27-32-11-13-33(14-12-32)54-46(64)37(10-9-23-53-48(52)66)55-47(65)43(29(2)3)56-40(59)17-18-41(60)61/h8,11-14,29-31,34-37,39,43-45,63H,1,9-10,15-28H2,2-7H3,(H,54,64)(H,55,65)(H,56,59)(H,60,61)(H3,52,53,66)/p+1/t30-,31+,34?,35?,36?,37+,39-,43+,44+,45+,49-,50+,51+/m1/s1. The van der Waals surface area contributed by atoms with Crippen molar-refractivity contribution in [2.24, 2.45) is 45.7 Å². The molecular formula is C51H77N6O10S+. The van der Waals surface area contributed by atoms with Gasteiger partial charge < -0.3 is 46.9 Å². The van der Waals surface area contributed by atoms with Crippen molar-refractivity contribution in [2.45, 2.75) is 173 Å². The number of amides is 5. The third kappa shape index (κ3) is 11.6. The summed E-state index contributed by atoms with van der Waals surface area (Å²) in [4.78, 5) is 91.0. The molecule has 1 aromatic carbocycles. The summed E-state index contributed by atoms with van der Waals surface area (Å²) in [5, 5.41) is 31.9. The number of carbonyl (C=O) groups is 7. The number of ether oxygens (including phenoxy) is 1. The van der Waals surface area contributed by atoms with Gasteiger partial charge in [-0.2, -0.15) is 0 Å². The maximum atomic E-state index is 13.9. The molecular weight excluding hydrogens is 889 g/mol. The number of quaternary nitrogens is 1. The fourth-order valence-corrected chi connectivity index (χ4v) is 14.1. The van der Waals surface area contributed by atoms with Crippen molar-refractivity contribution in [1.29, 1.82) is 0 Å². The van der Waals surface area contributed by atoms with E-state index in [1.165, 1.54) is 4.90 Å². The Balaban J connectivity index is 1.03. The van der Waals surface area contributed by atoms with Gasteiger partial charge in [0.1, 0.15) is 30.5 Å². The van der Waals surface area contributed by atoms with Crippen LogP contribution in [-0.4, -0.2) is 106 Å². The Labute approximate surface area is 405 Å². The monoisotopic (exact) mass is 966 g/mol. The smallest absolute Gasteiger partial charge is 0.316 e. The van der Waals surface area contributed by atoms with Crippen LogP contribution in [0.2, 0.25) is 0 Å². The molecule has 17 heteroatoms. The number of aliphatic hydroxyl groups is 1. The first-order valence-electron chi connectivity index (χ1n) is 24.9. The van der Waals surface area contributed by atoms with E-state index in [2.05, 4.69) is 48.6 Å².